The van der Waals surface area contributed by atoms with E-state index in [0.717, 1.165) is 11.3 Å². The standard InChI is InChI=1S/C9H15N3O3/c1-11(2)6-10-8(13)7-4-3-5-12(7)9(14)15/h6-7H,3-5H2,1-2H3,(H,14,15). The molecule has 1 unspecified atom stereocenters. The number of carbonyl (C=O) groups excluding carboxylic acids is 1. The molecule has 1 N–H and O–H groups in total. The molecule has 15 heavy (non-hydrogen) atoms. The summed E-state index contributed by atoms with van der Waals surface area (Å²) in [6, 6.07) is -0.598. The van der Waals surface area contributed by atoms with E-state index in [9.17, 15) is 9.59 Å². The van der Waals surface area contributed by atoms with E-state index in [1.807, 2.05) is 0 Å². The number of hydrogen-bond acceptors (Lipinski definition) is 2. The van der Waals surface area contributed by atoms with Gasteiger partial charge in [-0.05, 0) is 12.8 Å². The molecule has 1 fully saturated rings. The lowest BCUT2D eigenvalue weighted by molar-refractivity contribution is -0.121. The lowest BCUT2D eigenvalue weighted by atomic mass is 10.2. The van der Waals surface area contributed by atoms with Crippen LogP contribution in [0.4, 0.5) is 4.79 Å². The minimum absolute atomic E-state index is 0.386. The van der Waals surface area contributed by atoms with Crippen LogP contribution in [0.3, 0.4) is 0 Å². The van der Waals surface area contributed by atoms with Crippen molar-refractivity contribution in [2.75, 3.05) is 20.6 Å². The minimum atomic E-state index is -1.05. The van der Waals surface area contributed by atoms with Crippen LogP contribution in [-0.4, -0.2) is 59.9 Å². The van der Waals surface area contributed by atoms with Gasteiger partial charge in [-0.3, -0.25) is 9.69 Å². The van der Waals surface area contributed by atoms with E-state index in [0.29, 0.717) is 13.0 Å². The fraction of sp³-hybridized carbons (Fsp3) is 0.667. The quantitative estimate of drug-likeness (QED) is 0.527. The summed E-state index contributed by atoms with van der Waals surface area (Å²) in [6.45, 7) is 0.420. The number of aliphatic imine (C=N–C) groups is 1. The number of likely N-dealkylation sites (tertiary alicyclic amines) is 1. The number of amides is 2. The first-order valence-electron chi connectivity index (χ1n) is 4.76. The topological polar surface area (TPSA) is 73.2 Å². The molecule has 0 spiro atoms. The van der Waals surface area contributed by atoms with Gasteiger partial charge in [0.05, 0.1) is 6.34 Å². The zero-order chi connectivity index (χ0) is 11.4. The molecule has 6 heteroatoms. The van der Waals surface area contributed by atoms with Gasteiger partial charge in [0.25, 0.3) is 5.91 Å². The van der Waals surface area contributed by atoms with Gasteiger partial charge < -0.3 is 10.0 Å². The molecule has 0 radical (unpaired) electrons. The van der Waals surface area contributed by atoms with Crippen LogP contribution in [0.15, 0.2) is 4.99 Å². The summed E-state index contributed by atoms with van der Waals surface area (Å²) in [6.07, 6.45) is 1.63. The molecule has 1 heterocycles. The Morgan fingerprint density at radius 1 is 1.53 bits per heavy atom. The highest BCUT2D eigenvalue weighted by atomic mass is 16.4. The van der Waals surface area contributed by atoms with Crippen molar-refractivity contribution in [3.05, 3.63) is 0 Å². The second-order valence-electron chi connectivity index (χ2n) is 3.68. The Balaban J connectivity index is 2.63. The third kappa shape index (κ3) is 2.93. The molecule has 0 aromatic heterocycles. The summed E-state index contributed by atoms with van der Waals surface area (Å²) in [5.74, 6) is -0.386. The zero-order valence-corrected chi connectivity index (χ0v) is 8.88. The second kappa shape index (κ2) is 4.77. The van der Waals surface area contributed by atoms with Crippen LogP contribution in [0, 0.1) is 0 Å². The van der Waals surface area contributed by atoms with Gasteiger partial charge in [0, 0.05) is 20.6 Å². The summed E-state index contributed by atoms with van der Waals surface area (Å²) in [7, 11) is 3.50. The first-order valence-corrected chi connectivity index (χ1v) is 4.76. The van der Waals surface area contributed by atoms with E-state index in [4.69, 9.17) is 5.11 Å². The first kappa shape index (κ1) is 11.5. The van der Waals surface area contributed by atoms with E-state index in [1.54, 1.807) is 19.0 Å². The molecule has 84 valence electrons. The Kier molecular flexibility index (Phi) is 3.65. The third-order valence-electron chi connectivity index (χ3n) is 2.20. The first-order chi connectivity index (χ1) is 7.02. The summed E-state index contributed by atoms with van der Waals surface area (Å²) < 4.78 is 0. The highest BCUT2D eigenvalue weighted by Crippen LogP contribution is 2.18. The maximum Gasteiger partial charge on any atom is 0.407 e. The van der Waals surface area contributed by atoms with Gasteiger partial charge in [0.15, 0.2) is 0 Å². The SMILES string of the molecule is CN(C)C=NC(=O)C1CCCN1C(=O)O. The summed E-state index contributed by atoms with van der Waals surface area (Å²) in [5.41, 5.74) is 0. The molecular weight excluding hydrogens is 198 g/mol. The predicted molar refractivity (Wildman–Crippen MR) is 54.9 cm³/mol. The number of rotatable bonds is 2. The second-order valence-corrected chi connectivity index (χ2v) is 3.68. The Morgan fingerprint density at radius 3 is 2.73 bits per heavy atom. The lowest BCUT2D eigenvalue weighted by Gasteiger charge is -2.18. The van der Waals surface area contributed by atoms with Crippen molar-refractivity contribution in [3.8, 4) is 0 Å². The van der Waals surface area contributed by atoms with Gasteiger partial charge >= 0.3 is 6.09 Å². The van der Waals surface area contributed by atoms with Gasteiger partial charge in [-0.15, -0.1) is 0 Å². The van der Waals surface area contributed by atoms with E-state index in [-0.39, 0.29) is 5.91 Å². The van der Waals surface area contributed by atoms with E-state index < -0.39 is 12.1 Å². The molecule has 2 amide bonds. The normalized spacial score (nSPS) is 20.9. The van der Waals surface area contributed by atoms with E-state index >= 15 is 0 Å². The van der Waals surface area contributed by atoms with Crippen LogP contribution >= 0.6 is 0 Å². The van der Waals surface area contributed by atoms with Crippen LogP contribution in [0.1, 0.15) is 12.8 Å². The number of nitrogens with zero attached hydrogens (tertiary/aromatic N) is 3. The van der Waals surface area contributed by atoms with Gasteiger partial charge in [-0.25, -0.2) is 9.79 Å². The van der Waals surface area contributed by atoms with Crippen LogP contribution < -0.4 is 0 Å². The number of carboxylic acid groups (broad SMARTS) is 1. The molecule has 0 saturated carbocycles. The Bertz CT molecular complexity index is 288. The van der Waals surface area contributed by atoms with Gasteiger partial charge in [-0.1, -0.05) is 0 Å². The molecule has 1 rings (SSSR count). The maximum atomic E-state index is 11.5. The lowest BCUT2D eigenvalue weighted by Crippen LogP contribution is -2.39. The van der Waals surface area contributed by atoms with E-state index in [2.05, 4.69) is 4.99 Å². The fourth-order valence-electron chi connectivity index (χ4n) is 1.51. The van der Waals surface area contributed by atoms with Gasteiger partial charge in [0.2, 0.25) is 0 Å². The van der Waals surface area contributed by atoms with Crippen LogP contribution in [0.5, 0.6) is 0 Å². The molecule has 0 aliphatic carbocycles. The molecule has 6 nitrogen and oxygen atoms in total. The molecule has 1 aliphatic heterocycles. The molecule has 1 saturated heterocycles. The number of carbonyl (C=O) groups is 2. The highest BCUT2D eigenvalue weighted by Gasteiger charge is 2.33. The maximum absolute atomic E-state index is 11.5. The minimum Gasteiger partial charge on any atom is -0.465 e. The van der Waals surface area contributed by atoms with Crippen molar-refractivity contribution < 1.29 is 14.7 Å². The van der Waals surface area contributed by atoms with Crippen molar-refractivity contribution in [3.63, 3.8) is 0 Å². The zero-order valence-electron chi connectivity index (χ0n) is 8.88. The summed E-state index contributed by atoms with van der Waals surface area (Å²) in [5, 5.41) is 8.82. The van der Waals surface area contributed by atoms with Crippen LogP contribution in [0.25, 0.3) is 0 Å². The number of hydrogen-bond donors (Lipinski definition) is 1. The van der Waals surface area contributed by atoms with Crippen molar-refractivity contribution in [1.29, 1.82) is 0 Å². The van der Waals surface area contributed by atoms with Crippen LogP contribution in [0.2, 0.25) is 0 Å². The molecule has 0 bridgehead atoms. The highest BCUT2D eigenvalue weighted by molar-refractivity contribution is 5.91. The van der Waals surface area contributed by atoms with Crippen molar-refractivity contribution in [2.45, 2.75) is 18.9 Å². The smallest absolute Gasteiger partial charge is 0.407 e. The summed E-state index contributed by atoms with van der Waals surface area (Å²) in [4.78, 5) is 28.8. The molecular formula is C9H15N3O3. The van der Waals surface area contributed by atoms with Gasteiger partial charge in [0.1, 0.15) is 6.04 Å². The average molecular weight is 213 g/mol. The van der Waals surface area contributed by atoms with Crippen molar-refractivity contribution >= 4 is 18.3 Å². The fourth-order valence-corrected chi connectivity index (χ4v) is 1.51. The Hall–Kier alpha value is -1.59. The Morgan fingerprint density at radius 2 is 2.20 bits per heavy atom. The van der Waals surface area contributed by atoms with E-state index in [1.165, 1.54) is 6.34 Å². The van der Waals surface area contributed by atoms with Crippen molar-refractivity contribution in [1.82, 2.24) is 9.80 Å². The average Bonchev–Trinajstić information content (AvgIpc) is 2.62. The monoisotopic (exact) mass is 213 g/mol. The molecule has 0 aromatic rings. The molecule has 0 aromatic carbocycles. The van der Waals surface area contributed by atoms with Gasteiger partial charge in [-0.2, -0.15) is 0 Å². The van der Waals surface area contributed by atoms with Crippen molar-refractivity contribution in [2.24, 2.45) is 4.99 Å². The predicted octanol–water partition coefficient (Wildman–Crippen LogP) is 0.245. The third-order valence-corrected chi connectivity index (χ3v) is 2.20. The molecule has 1 aliphatic rings. The summed E-state index contributed by atoms with van der Waals surface area (Å²) >= 11 is 0. The van der Waals surface area contributed by atoms with Crippen LogP contribution in [-0.2, 0) is 4.79 Å². The largest absolute Gasteiger partial charge is 0.465 e. The molecule has 1 atom stereocenters. The Labute approximate surface area is 88.2 Å².